The largest absolute Gasteiger partial charge is 0.366 e. The van der Waals surface area contributed by atoms with Crippen LogP contribution in [0.25, 0.3) is 0 Å². The number of hydrogen-bond acceptors (Lipinski definition) is 3. The third-order valence-electron chi connectivity index (χ3n) is 2.78. The van der Waals surface area contributed by atoms with Crippen LogP contribution in [0.3, 0.4) is 0 Å². The Kier molecular flexibility index (Phi) is 5.12. The van der Waals surface area contributed by atoms with Crippen LogP contribution in [0.15, 0.2) is 48.5 Å². The van der Waals surface area contributed by atoms with E-state index < -0.39 is 5.91 Å². The molecule has 2 aromatic carbocycles. The van der Waals surface area contributed by atoms with Gasteiger partial charge in [0.1, 0.15) is 0 Å². The van der Waals surface area contributed by atoms with Gasteiger partial charge in [0, 0.05) is 17.1 Å². The minimum absolute atomic E-state index is 0.393. The van der Waals surface area contributed by atoms with E-state index in [0.29, 0.717) is 23.7 Å². The molecular formula is C15H15ClN2O2. The topological polar surface area (TPSA) is 64.4 Å². The second kappa shape index (κ2) is 7.05. The molecule has 0 saturated heterocycles. The lowest BCUT2D eigenvalue weighted by atomic mass is 10.1. The second-order valence-corrected chi connectivity index (χ2v) is 4.67. The maximum absolute atomic E-state index is 11.0. The van der Waals surface area contributed by atoms with Crippen LogP contribution in [0.2, 0.25) is 5.02 Å². The summed E-state index contributed by atoms with van der Waals surface area (Å²) < 4.78 is 0. The van der Waals surface area contributed by atoms with E-state index in [2.05, 4.69) is 5.48 Å². The first-order chi connectivity index (χ1) is 9.66. The highest BCUT2D eigenvalue weighted by molar-refractivity contribution is 6.31. The van der Waals surface area contributed by atoms with Gasteiger partial charge in [0.15, 0.2) is 0 Å². The van der Waals surface area contributed by atoms with Gasteiger partial charge in [-0.05, 0) is 23.3 Å². The quantitative estimate of drug-likeness (QED) is 0.635. The lowest BCUT2D eigenvalue weighted by Gasteiger charge is -2.08. The van der Waals surface area contributed by atoms with Gasteiger partial charge >= 0.3 is 0 Å². The van der Waals surface area contributed by atoms with Crippen LogP contribution in [0.4, 0.5) is 0 Å². The standard InChI is InChI=1S/C15H15ClN2O2/c16-14-8-12(15(17)19)6-7-13(14)9-18-20-10-11-4-2-1-3-5-11/h1-8,18H,9-10H2,(H2,17,19). The lowest BCUT2D eigenvalue weighted by Crippen LogP contribution is -2.15. The van der Waals surface area contributed by atoms with E-state index in [-0.39, 0.29) is 0 Å². The molecule has 4 nitrogen and oxygen atoms in total. The van der Waals surface area contributed by atoms with E-state index in [1.54, 1.807) is 18.2 Å². The number of hydroxylamine groups is 1. The lowest BCUT2D eigenvalue weighted by molar-refractivity contribution is 0.0235. The van der Waals surface area contributed by atoms with E-state index >= 15 is 0 Å². The molecular weight excluding hydrogens is 276 g/mol. The molecule has 0 aliphatic rings. The van der Waals surface area contributed by atoms with Gasteiger partial charge in [0.2, 0.25) is 5.91 Å². The average Bonchev–Trinajstić information content (AvgIpc) is 2.46. The molecule has 0 aromatic heterocycles. The van der Waals surface area contributed by atoms with Crippen LogP contribution in [-0.2, 0) is 18.0 Å². The monoisotopic (exact) mass is 290 g/mol. The number of halogens is 1. The van der Waals surface area contributed by atoms with Gasteiger partial charge in [-0.2, -0.15) is 5.48 Å². The normalized spacial score (nSPS) is 10.4. The molecule has 5 heteroatoms. The van der Waals surface area contributed by atoms with E-state index in [4.69, 9.17) is 22.2 Å². The number of nitrogens with two attached hydrogens (primary N) is 1. The zero-order chi connectivity index (χ0) is 14.4. The third kappa shape index (κ3) is 4.06. The van der Waals surface area contributed by atoms with Crippen LogP contribution in [0.5, 0.6) is 0 Å². The van der Waals surface area contributed by atoms with E-state index in [1.807, 2.05) is 30.3 Å². The summed E-state index contributed by atoms with van der Waals surface area (Å²) in [5, 5.41) is 0.483. The highest BCUT2D eigenvalue weighted by Crippen LogP contribution is 2.17. The fraction of sp³-hybridized carbons (Fsp3) is 0.133. The number of carbonyl (C=O) groups is 1. The van der Waals surface area contributed by atoms with Gasteiger partial charge < -0.3 is 5.73 Å². The molecule has 0 aliphatic carbocycles. The fourth-order valence-electron chi connectivity index (χ4n) is 1.68. The predicted molar refractivity (Wildman–Crippen MR) is 78.0 cm³/mol. The van der Waals surface area contributed by atoms with Crippen molar-refractivity contribution in [1.29, 1.82) is 0 Å². The minimum Gasteiger partial charge on any atom is -0.366 e. The highest BCUT2D eigenvalue weighted by atomic mass is 35.5. The van der Waals surface area contributed by atoms with Gasteiger partial charge in [-0.3, -0.25) is 9.63 Å². The number of nitrogens with one attached hydrogen (secondary N) is 1. The molecule has 0 fully saturated rings. The van der Waals surface area contributed by atoms with Crippen LogP contribution in [0, 0.1) is 0 Å². The van der Waals surface area contributed by atoms with Crippen molar-refractivity contribution in [3.63, 3.8) is 0 Å². The molecule has 1 amide bonds. The van der Waals surface area contributed by atoms with Crippen molar-refractivity contribution in [2.24, 2.45) is 5.73 Å². The first kappa shape index (κ1) is 14.5. The zero-order valence-corrected chi connectivity index (χ0v) is 11.6. The smallest absolute Gasteiger partial charge is 0.248 e. The molecule has 0 spiro atoms. The van der Waals surface area contributed by atoms with Crippen molar-refractivity contribution in [3.8, 4) is 0 Å². The van der Waals surface area contributed by atoms with Crippen molar-refractivity contribution in [2.75, 3.05) is 0 Å². The molecule has 2 rings (SSSR count). The Morgan fingerprint density at radius 2 is 1.95 bits per heavy atom. The molecule has 104 valence electrons. The van der Waals surface area contributed by atoms with Crippen molar-refractivity contribution in [1.82, 2.24) is 5.48 Å². The molecule has 3 N–H and O–H groups in total. The summed E-state index contributed by atoms with van der Waals surface area (Å²) in [5.74, 6) is -0.494. The molecule has 0 bridgehead atoms. The Balaban J connectivity index is 1.84. The molecule has 2 aromatic rings. The van der Waals surface area contributed by atoms with E-state index in [0.717, 1.165) is 11.1 Å². The first-order valence-electron chi connectivity index (χ1n) is 6.13. The van der Waals surface area contributed by atoms with Crippen LogP contribution >= 0.6 is 11.6 Å². The summed E-state index contributed by atoms with van der Waals surface area (Å²) >= 11 is 6.07. The molecule has 0 radical (unpaired) electrons. The van der Waals surface area contributed by atoms with Gasteiger partial charge in [0.25, 0.3) is 0 Å². The summed E-state index contributed by atoms with van der Waals surface area (Å²) in [6.45, 7) is 0.919. The summed E-state index contributed by atoms with van der Waals surface area (Å²) in [5.41, 5.74) is 10.3. The Labute approximate surface area is 122 Å². The second-order valence-electron chi connectivity index (χ2n) is 4.27. The van der Waals surface area contributed by atoms with Crippen molar-refractivity contribution in [2.45, 2.75) is 13.2 Å². The molecule has 0 heterocycles. The first-order valence-corrected chi connectivity index (χ1v) is 6.51. The molecule has 0 atom stereocenters. The fourth-order valence-corrected chi connectivity index (χ4v) is 1.93. The Bertz CT molecular complexity index is 588. The summed E-state index contributed by atoms with van der Waals surface area (Å²) in [7, 11) is 0. The molecule has 0 aliphatic heterocycles. The van der Waals surface area contributed by atoms with Crippen LogP contribution < -0.4 is 11.2 Å². The highest BCUT2D eigenvalue weighted by Gasteiger charge is 2.05. The SMILES string of the molecule is NC(=O)c1ccc(CNOCc2ccccc2)c(Cl)c1. The average molecular weight is 291 g/mol. The molecule has 20 heavy (non-hydrogen) atoms. The molecule has 0 unspecified atom stereocenters. The van der Waals surface area contributed by atoms with Crippen LogP contribution in [0.1, 0.15) is 21.5 Å². The van der Waals surface area contributed by atoms with E-state index in [1.165, 1.54) is 0 Å². The van der Waals surface area contributed by atoms with Gasteiger partial charge in [0.05, 0.1) is 6.61 Å². The van der Waals surface area contributed by atoms with Crippen molar-refractivity contribution < 1.29 is 9.63 Å². The number of hydrogen-bond donors (Lipinski definition) is 2. The number of benzene rings is 2. The van der Waals surface area contributed by atoms with Crippen molar-refractivity contribution in [3.05, 3.63) is 70.2 Å². The van der Waals surface area contributed by atoms with Crippen molar-refractivity contribution >= 4 is 17.5 Å². The molecule has 0 saturated carbocycles. The number of amides is 1. The zero-order valence-electron chi connectivity index (χ0n) is 10.8. The number of primary amides is 1. The number of carbonyl (C=O) groups excluding carboxylic acids is 1. The summed E-state index contributed by atoms with van der Waals surface area (Å²) in [6, 6.07) is 14.8. The van der Waals surface area contributed by atoms with E-state index in [9.17, 15) is 4.79 Å². The van der Waals surface area contributed by atoms with Crippen LogP contribution in [-0.4, -0.2) is 5.91 Å². The Morgan fingerprint density at radius 3 is 2.60 bits per heavy atom. The van der Waals surface area contributed by atoms with Gasteiger partial charge in [-0.1, -0.05) is 48.0 Å². The van der Waals surface area contributed by atoms with Gasteiger partial charge in [-0.25, -0.2) is 0 Å². The Hall–Kier alpha value is -1.88. The Morgan fingerprint density at radius 1 is 1.20 bits per heavy atom. The summed E-state index contributed by atoms with van der Waals surface area (Å²) in [6.07, 6.45) is 0. The number of rotatable bonds is 6. The third-order valence-corrected chi connectivity index (χ3v) is 3.14. The van der Waals surface area contributed by atoms with Gasteiger partial charge in [-0.15, -0.1) is 0 Å². The minimum atomic E-state index is -0.494. The predicted octanol–water partition coefficient (Wildman–Crippen LogP) is 2.66. The maximum Gasteiger partial charge on any atom is 0.248 e. The summed E-state index contributed by atoms with van der Waals surface area (Å²) in [4.78, 5) is 16.4. The maximum atomic E-state index is 11.0.